The Bertz CT molecular complexity index is 310. The molecular formula is C12H12. The van der Waals surface area contributed by atoms with Crippen molar-refractivity contribution in [2.75, 3.05) is 0 Å². The summed E-state index contributed by atoms with van der Waals surface area (Å²) < 4.78 is 0. The van der Waals surface area contributed by atoms with Crippen molar-refractivity contribution in [3.63, 3.8) is 0 Å². The lowest BCUT2D eigenvalue weighted by atomic mass is 10.0. The Kier molecular flexibility index (Phi) is 1.83. The van der Waals surface area contributed by atoms with Crippen LogP contribution in [0.2, 0.25) is 0 Å². The molecule has 0 atom stereocenters. The van der Waals surface area contributed by atoms with E-state index >= 15 is 0 Å². The van der Waals surface area contributed by atoms with Gasteiger partial charge in [0, 0.05) is 5.92 Å². The Morgan fingerprint density at radius 3 is 2.50 bits per heavy atom. The minimum Gasteiger partial charge on any atom is -0.0804 e. The second-order valence-corrected chi connectivity index (χ2v) is 3.06. The summed E-state index contributed by atoms with van der Waals surface area (Å²) in [7, 11) is 0. The summed E-state index contributed by atoms with van der Waals surface area (Å²) in [5, 5.41) is 0. The Hall–Kier alpha value is -1.30. The lowest BCUT2D eigenvalue weighted by Crippen LogP contribution is -1.89. The monoisotopic (exact) mass is 156 g/mol. The van der Waals surface area contributed by atoms with Gasteiger partial charge in [0.1, 0.15) is 0 Å². The fraction of sp³-hybridized carbons (Fsp3) is 0.167. The third kappa shape index (κ3) is 1.20. The number of hydrogen-bond donors (Lipinski definition) is 0. The summed E-state index contributed by atoms with van der Waals surface area (Å²) >= 11 is 0. The normalized spacial score (nSPS) is 24.4. The highest BCUT2D eigenvalue weighted by atomic mass is 14.1. The zero-order valence-corrected chi connectivity index (χ0v) is 7.20. The smallest absolute Gasteiger partial charge is 0.0205 e. The zero-order chi connectivity index (χ0) is 8.39. The van der Waals surface area contributed by atoms with Gasteiger partial charge in [-0.25, -0.2) is 0 Å². The molecule has 0 unspecified atom stereocenters. The van der Waals surface area contributed by atoms with Crippen LogP contribution in [-0.4, -0.2) is 0 Å². The van der Waals surface area contributed by atoms with Crippen LogP contribution in [0.15, 0.2) is 59.8 Å². The maximum atomic E-state index is 2.24. The van der Waals surface area contributed by atoms with Gasteiger partial charge in [0.05, 0.1) is 0 Å². The predicted molar refractivity (Wildman–Crippen MR) is 52.8 cm³/mol. The molecule has 0 heteroatoms. The first-order valence-corrected chi connectivity index (χ1v) is 4.31. The van der Waals surface area contributed by atoms with Crippen LogP contribution in [0.1, 0.15) is 6.92 Å². The van der Waals surface area contributed by atoms with Gasteiger partial charge in [-0.2, -0.15) is 0 Å². The van der Waals surface area contributed by atoms with Crippen molar-refractivity contribution in [1.29, 1.82) is 0 Å². The quantitative estimate of drug-likeness (QED) is 0.547. The van der Waals surface area contributed by atoms with E-state index in [1.54, 1.807) is 0 Å². The van der Waals surface area contributed by atoms with Crippen LogP contribution >= 0.6 is 0 Å². The van der Waals surface area contributed by atoms with Gasteiger partial charge in [-0.15, -0.1) is 0 Å². The van der Waals surface area contributed by atoms with Crippen molar-refractivity contribution < 1.29 is 0 Å². The molecule has 0 aliphatic heterocycles. The minimum atomic E-state index is 0.513. The van der Waals surface area contributed by atoms with E-state index in [2.05, 4.69) is 55.5 Å². The molecule has 0 fully saturated rings. The molecule has 0 radical (unpaired) electrons. The number of rotatable bonds is 1. The third-order valence-corrected chi connectivity index (χ3v) is 2.27. The molecule has 2 aliphatic carbocycles. The van der Waals surface area contributed by atoms with Gasteiger partial charge in [0.15, 0.2) is 0 Å². The van der Waals surface area contributed by atoms with E-state index in [1.807, 2.05) is 0 Å². The molecular weight excluding hydrogens is 144 g/mol. The van der Waals surface area contributed by atoms with Crippen LogP contribution in [0.25, 0.3) is 0 Å². The van der Waals surface area contributed by atoms with Crippen LogP contribution in [0.4, 0.5) is 0 Å². The molecule has 0 aromatic heterocycles. The Morgan fingerprint density at radius 1 is 1.17 bits per heavy atom. The molecule has 12 heavy (non-hydrogen) atoms. The molecule has 2 aliphatic rings. The topological polar surface area (TPSA) is 0 Å². The summed E-state index contributed by atoms with van der Waals surface area (Å²) in [6, 6.07) is 0. The van der Waals surface area contributed by atoms with Crippen molar-refractivity contribution in [2.45, 2.75) is 6.92 Å². The van der Waals surface area contributed by atoms with Gasteiger partial charge >= 0.3 is 0 Å². The molecule has 0 spiro atoms. The zero-order valence-electron chi connectivity index (χ0n) is 7.20. The summed E-state index contributed by atoms with van der Waals surface area (Å²) in [6.45, 7) is 2.07. The van der Waals surface area contributed by atoms with Crippen LogP contribution in [0.3, 0.4) is 0 Å². The molecule has 0 bridgehead atoms. The van der Waals surface area contributed by atoms with E-state index in [0.717, 1.165) is 0 Å². The van der Waals surface area contributed by atoms with Gasteiger partial charge in [-0.3, -0.25) is 0 Å². The van der Waals surface area contributed by atoms with E-state index in [4.69, 9.17) is 0 Å². The molecule has 2 rings (SSSR count). The SMILES string of the molecule is C/C=C1/C=CC(C2C=CC=C2)=C1. The van der Waals surface area contributed by atoms with Gasteiger partial charge in [-0.05, 0) is 18.1 Å². The fourth-order valence-corrected chi connectivity index (χ4v) is 1.52. The van der Waals surface area contributed by atoms with Crippen LogP contribution in [-0.2, 0) is 0 Å². The van der Waals surface area contributed by atoms with Gasteiger partial charge < -0.3 is 0 Å². The Labute approximate surface area is 73.3 Å². The van der Waals surface area contributed by atoms with Gasteiger partial charge in [0.25, 0.3) is 0 Å². The lowest BCUT2D eigenvalue weighted by Gasteiger charge is -2.02. The second-order valence-electron chi connectivity index (χ2n) is 3.06. The van der Waals surface area contributed by atoms with Gasteiger partial charge in [0.2, 0.25) is 0 Å². The Morgan fingerprint density at radius 2 is 1.92 bits per heavy atom. The van der Waals surface area contributed by atoms with Crippen molar-refractivity contribution >= 4 is 0 Å². The first-order chi connectivity index (χ1) is 5.90. The minimum absolute atomic E-state index is 0.513. The highest BCUT2D eigenvalue weighted by Gasteiger charge is 2.10. The summed E-state index contributed by atoms with van der Waals surface area (Å²) in [5.41, 5.74) is 2.71. The van der Waals surface area contributed by atoms with Crippen molar-refractivity contribution in [3.8, 4) is 0 Å². The largest absolute Gasteiger partial charge is 0.0804 e. The molecule has 0 saturated heterocycles. The summed E-state index contributed by atoms with van der Waals surface area (Å²) in [4.78, 5) is 0. The summed E-state index contributed by atoms with van der Waals surface area (Å²) in [5.74, 6) is 0.513. The average Bonchev–Trinajstić information content (AvgIpc) is 2.75. The molecule has 0 amide bonds. The molecule has 0 nitrogen and oxygen atoms in total. The van der Waals surface area contributed by atoms with Crippen LogP contribution in [0.5, 0.6) is 0 Å². The number of allylic oxidation sites excluding steroid dienone is 10. The summed E-state index contributed by atoms with van der Waals surface area (Å²) in [6.07, 6.45) is 17.4. The van der Waals surface area contributed by atoms with Crippen LogP contribution in [0, 0.1) is 5.92 Å². The molecule has 60 valence electrons. The second kappa shape index (κ2) is 2.98. The van der Waals surface area contributed by atoms with Gasteiger partial charge in [-0.1, -0.05) is 48.6 Å². The maximum Gasteiger partial charge on any atom is 0.0205 e. The van der Waals surface area contributed by atoms with E-state index < -0.39 is 0 Å². The molecule has 0 aromatic rings. The van der Waals surface area contributed by atoms with E-state index in [0.29, 0.717) is 5.92 Å². The molecule has 0 heterocycles. The highest BCUT2D eigenvalue weighted by molar-refractivity contribution is 5.49. The third-order valence-electron chi connectivity index (χ3n) is 2.27. The Balaban J connectivity index is 2.22. The van der Waals surface area contributed by atoms with Crippen LogP contribution < -0.4 is 0 Å². The van der Waals surface area contributed by atoms with Crippen molar-refractivity contribution in [2.24, 2.45) is 5.92 Å². The van der Waals surface area contributed by atoms with E-state index in [9.17, 15) is 0 Å². The lowest BCUT2D eigenvalue weighted by molar-refractivity contribution is 1.03. The van der Waals surface area contributed by atoms with Crippen molar-refractivity contribution in [1.82, 2.24) is 0 Å². The fourth-order valence-electron chi connectivity index (χ4n) is 1.52. The number of hydrogen-bond acceptors (Lipinski definition) is 0. The highest BCUT2D eigenvalue weighted by Crippen LogP contribution is 2.26. The first-order valence-electron chi connectivity index (χ1n) is 4.31. The van der Waals surface area contributed by atoms with E-state index in [-0.39, 0.29) is 0 Å². The standard InChI is InChI=1S/C12H12/c1-2-10-7-8-12(9-10)11-5-3-4-6-11/h2-9,11H,1H3/b10-2-. The predicted octanol–water partition coefficient (Wildman–Crippen LogP) is 3.17. The molecule has 0 N–H and O–H groups in total. The van der Waals surface area contributed by atoms with Crippen molar-refractivity contribution in [3.05, 3.63) is 59.8 Å². The maximum absolute atomic E-state index is 2.24. The first kappa shape index (κ1) is 7.35. The molecule has 0 saturated carbocycles. The average molecular weight is 156 g/mol. The van der Waals surface area contributed by atoms with E-state index in [1.165, 1.54) is 11.1 Å². The molecule has 0 aromatic carbocycles.